The number of carbonyl (C=O) groups is 1. The molecule has 4 heteroatoms. The van der Waals surface area contributed by atoms with E-state index in [4.69, 9.17) is 9.84 Å². The summed E-state index contributed by atoms with van der Waals surface area (Å²) in [6, 6.07) is 2.05. The fraction of sp³-hybridized carbons (Fsp3) is 0.500. The second-order valence-corrected chi connectivity index (χ2v) is 3.98. The van der Waals surface area contributed by atoms with Gasteiger partial charge in [-0.15, -0.1) is 11.3 Å². The molecule has 0 aliphatic rings. The van der Waals surface area contributed by atoms with Gasteiger partial charge in [0.05, 0.1) is 6.61 Å². The molecule has 0 saturated carbocycles. The van der Waals surface area contributed by atoms with Crippen LogP contribution in [0.5, 0.6) is 0 Å². The van der Waals surface area contributed by atoms with Crippen molar-refractivity contribution in [2.24, 2.45) is 0 Å². The van der Waals surface area contributed by atoms with E-state index in [9.17, 15) is 4.79 Å². The van der Waals surface area contributed by atoms with E-state index in [1.165, 1.54) is 11.8 Å². The molecule has 1 heterocycles. The van der Waals surface area contributed by atoms with Crippen LogP contribution in [0.3, 0.4) is 0 Å². The van der Waals surface area contributed by atoms with E-state index in [2.05, 4.69) is 0 Å². The minimum atomic E-state index is -0.239. The monoisotopic (exact) mass is 214 g/mol. The Morgan fingerprint density at radius 3 is 3.00 bits per heavy atom. The highest BCUT2D eigenvalue weighted by Gasteiger charge is 2.00. The van der Waals surface area contributed by atoms with Crippen molar-refractivity contribution < 1.29 is 14.6 Å². The molecule has 0 saturated heterocycles. The minimum Gasteiger partial charge on any atom is -0.465 e. The lowest BCUT2D eigenvalue weighted by Gasteiger charge is -1.98. The Morgan fingerprint density at radius 2 is 2.36 bits per heavy atom. The van der Waals surface area contributed by atoms with Gasteiger partial charge in [-0.05, 0) is 23.4 Å². The lowest BCUT2D eigenvalue weighted by atomic mass is 10.2. The third-order valence-electron chi connectivity index (χ3n) is 1.76. The number of thiophene rings is 1. The molecule has 0 unspecified atom stereocenters. The van der Waals surface area contributed by atoms with Crippen LogP contribution in [0.1, 0.15) is 17.4 Å². The van der Waals surface area contributed by atoms with Crippen LogP contribution in [0.2, 0.25) is 0 Å². The Bertz CT molecular complexity index is 293. The lowest BCUT2D eigenvalue weighted by molar-refractivity contribution is -0.140. The van der Waals surface area contributed by atoms with Gasteiger partial charge in [-0.3, -0.25) is 4.79 Å². The van der Waals surface area contributed by atoms with Gasteiger partial charge < -0.3 is 9.84 Å². The van der Waals surface area contributed by atoms with Crippen LogP contribution in [-0.2, 0) is 22.4 Å². The average molecular weight is 214 g/mol. The molecular formula is C10H14O3S. The standard InChI is InChI=1S/C10H14O3S/c1-8(12)13-5-3-10-6-9(2-4-11)7-14-10/h6-7,11H,2-5H2,1H3. The molecule has 1 rings (SSSR count). The number of hydrogen-bond acceptors (Lipinski definition) is 4. The second-order valence-electron chi connectivity index (χ2n) is 2.98. The molecule has 1 aromatic rings. The first-order valence-electron chi connectivity index (χ1n) is 4.53. The number of aliphatic hydroxyl groups excluding tert-OH is 1. The molecule has 1 N–H and O–H groups in total. The summed E-state index contributed by atoms with van der Waals surface area (Å²) in [5.41, 5.74) is 1.15. The maximum absolute atomic E-state index is 10.5. The summed E-state index contributed by atoms with van der Waals surface area (Å²) in [6.45, 7) is 2.03. The van der Waals surface area contributed by atoms with Crippen molar-refractivity contribution in [1.29, 1.82) is 0 Å². The van der Waals surface area contributed by atoms with Crippen LogP contribution in [-0.4, -0.2) is 24.3 Å². The number of carbonyl (C=O) groups excluding carboxylic acids is 1. The SMILES string of the molecule is CC(=O)OCCc1cc(CCO)cs1. The molecule has 0 aromatic carbocycles. The van der Waals surface area contributed by atoms with Crippen molar-refractivity contribution in [3.8, 4) is 0 Å². The number of rotatable bonds is 5. The van der Waals surface area contributed by atoms with Crippen molar-refractivity contribution in [1.82, 2.24) is 0 Å². The van der Waals surface area contributed by atoms with Gasteiger partial charge in [-0.1, -0.05) is 0 Å². The molecule has 0 fully saturated rings. The predicted molar refractivity (Wildman–Crippen MR) is 55.4 cm³/mol. The predicted octanol–water partition coefficient (Wildman–Crippen LogP) is 1.39. The highest BCUT2D eigenvalue weighted by Crippen LogP contribution is 2.15. The first-order chi connectivity index (χ1) is 6.72. The normalized spacial score (nSPS) is 10.1. The van der Waals surface area contributed by atoms with Gasteiger partial charge in [0.2, 0.25) is 0 Å². The molecule has 0 bridgehead atoms. The van der Waals surface area contributed by atoms with E-state index in [0.29, 0.717) is 13.0 Å². The van der Waals surface area contributed by atoms with Gasteiger partial charge in [0.25, 0.3) is 0 Å². The first-order valence-corrected chi connectivity index (χ1v) is 5.41. The number of hydrogen-bond donors (Lipinski definition) is 1. The van der Waals surface area contributed by atoms with Crippen LogP contribution >= 0.6 is 11.3 Å². The van der Waals surface area contributed by atoms with Gasteiger partial charge in [0.15, 0.2) is 0 Å². The summed E-state index contributed by atoms with van der Waals surface area (Å²) in [5.74, 6) is -0.239. The van der Waals surface area contributed by atoms with Crippen LogP contribution in [0.4, 0.5) is 0 Å². The van der Waals surface area contributed by atoms with Crippen molar-refractivity contribution >= 4 is 17.3 Å². The maximum atomic E-state index is 10.5. The summed E-state index contributed by atoms with van der Waals surface area (Å²) in [6.07, 6.45) is 1.46. The van der Waals surface area contributed by atoms with Crippen molar-refractivity contribution in [2.75, 3.05) is 13.2 Å². The number of ether oxygens (including phenoxy) is 1. The Hall–Kier alpha value is -0.870. The summed E-state index contributed by atoms with van der Waals surface area (Å²) in [5, 5.41) is 10.7. The molecule has 0 spiro atoms. The van der Waals surface area contributed by atoms with Crippen LogP contribution < -0.4 is 0 Å². The summed E-state index contributed by atoms with van der Waals surface area (Å²) >= 11 is 1.64. The zero-order valence-electron chi connectivity index (χ0n) is 8.16. The third kappa shape index (κ3) is 3.89. The quantitative estimate of drug-likeness (QED) is 0.753. The maximum Gasteiger partial charge on any atom is 0.302 e. The molecule has 0 radical (unpaired) electrons. The van der Waals surface area contributed by atoms with E-state index in [0.717, 1.165) is 12.0 Å². The zero-order chi connectivity index (χ0) is 10.4. The summed E-state index contributed by atoms with van der Waals surface area (Å²) in [4.78, 5) is 11.7. The molecule has 0 amide bonds. The van der Waals surface area contributed by atoms with E-state index in [-0.39, 0.29) is 12.6 Å². The van der Waals surface area contributed by atoms with E-state index < -0.39 is 0 Å². The largest absolute Gasteiger partial charge is 0.465 e. The third-order valence-corrected chi connectivity index (χ3v) is 2.81. The van der Waals surface area contributed by atoms with Crippen LogP contribution in [0.15, 0.2) is 11.4 Å². The molecule has 14 heavy (non-hydrogen) atoms. The van der Waals surface area contributed by atoms with Crippen molar-refractivity contribution in [3.05, 3.63) is 21.9 Å². The van der Waals surface area contributed by atoms with Gasteiger partial charge in [0.1, 0.15) is 0 Å². The van der Waals surface area contributed by atoms with Gasteiger partial charge in [0, 0.05) is 24.8 Å². The zero-order valence-corrected chi connectivity index (χ0v) is 8.97. The topological polar surface area (TPSA) is 46.5 Å². The number of esters is 1. The van der Waals surface area contributed by atoms with E-state index >= 15 is 0 Å². The molecule has 0 aliphatic carbocycles. The van der Waals surface area contributed by atoms with E-state index in [1.807, 2.05) is 11.4 Å². The van der Waals surface area contributed by atoms with Crippen molar-refractivity contribution in [2.45, 2.75) is 19.8 Å². The number of aliphatic hydroxyl groups is 1. The minimum absolute atomic E-state index is 0.181. The lowest BCUT2D eigenvalue weighted by Crippen LogP contribution is -2.02. The summed E-state index contributed by atoms with van der Waals surface area (Å²) in [7, 11) is 0. The van der Waals surface area contributed by atoms with Gasteiger partial charge >= 0.3 is 5.97 Å². The van der Waals surface area contributed by atoms with E-state index in [1.54, 1.807) is 11.3 Å². The Balaban J connectivity index is 2.32. The first kappa shape index (κ1) is 11.2. The Labute approximate surface area is 87.3 Å². The average Bonchev–Trinajstić information content (AvgIpc) is 2.53. The Kier molecular flexibility index (Phi) is 4.62. The van der Waals surface area contributed by atoms with Gasteiger partial charge in [-0.2, -0.15) is 0 Å². The van der Waals surface area contributed by atoms with Gasteiger partial charge in [-0.25, -0.2) is 0 Å². The highest BCUT2D eigenvalue weighted by atomic mass is 32.1. The van der Waals surface area contributed by atoms with Crippen LogP contribution in [0, 0.1) is 0 Å². The molecular weight excluding hydrogens is 200 g/mol. The smallest absolute Gasteiger partial charge is 0.302 e. The molecule has 0 aliphatic heterocycles. The van der Waals surface area contributed by atoms with Crippen LogP contribution in [0.25, 0.3) is 0 Å². The summed E-state index contributed by atoms with van der Waals surface area (Å²) < 4.78 is 4.83. The molecule has 3 nitrogen and oxygen atoms in total. The fourth-order valence-corrected chi connectivity index (χ4v) is 2.02. The molecule has 1 aromatic heterocycles. The second kappa shape index (κ2) is 5.78. The fourth-order valence-electron chi connectivity index (χ4n) is 1.11. The van der Waals surface area contributed by atoms with Crippen molar-refractivity contribution in [3.63, 3.8) is 0 Å². The highest BCUT2D eigenvalue weighted by molar-refractivity contribution is 7.10. The molecule has 78 valence electrons. The molecule has 0 atom stereocenters. The Morgan fingerprint density at radius 1 is 1.57 bits per heavy atom.